The topological polar surface area (TPSA) is 54.4 Å². The summed E-state index contributed by atoms with van der Waals surface area (Å²) in [5.41, 5.74) is -1.63. The monoisotopic (exact) mass is 444 g/mol. The molecule has 0 aromatic rings. The van der Waals surface area contributed by atoms with E-state index in [0.29, 0.717) is 6.42 Å². The highest BCUT2D eigenvalue weighted by Crippen LogP contribution is 2.72. The minimum absolute atomic E-state index is 0.00506. The molecule has 0 aromatic carbocycles. The van der Waals surface area contributed by atoms with E-state index in [1.54, 1.807) is 12.2 Å². The maximum absolute atomic E-state index is 12.8. The lowest BCUT2D eigenvalue weighted by Gasteiger charge is -2.63. The van der Waals surface area contributed by atoms with E-state index in [-0.39, 0.29) is 35.2 Å². The van der Waals surface area contributed by atoms with Crippen molar-refractivity contribution in [2.24, 2.45) is 28.6 Å². The van der Waals surface area contributed by atoms with Gasteiger partial charge in [0, 0.05) is 10.8 Å². The van der Waals surface area contributed by atoms with E-state index < -0.39 is 26.7 Å². The van der Waals surface area contributed by atoms with Crippen molar-refractivity contribution in [1.82, 2.24) is 0 Å². The fourth-order valence-corrected chi connectivity index (χ4v) is 8.61. The molecule has 6 heteroatoms. The number of hydrogen-bond donors (Lipinski definition) is 1. The molecule has 28 heavy (non-hydrogen) atoms. The standard InChI is InChI=1S/C22H27Cl3O3/c1-12-8-16-15-5-4-13-9-14(26)6-7-19(13,2)21(15,25)17(24)10-20(16,3)22(12,28)18(27)11-23/h6-7,9,12,15-17,28H,4-5,8,10-11H2,1-3H3/t12-,15-,16-,17-,19-,20-,21-,22-/m0/s1. The van der Waals surface area contributed by atoms with Crippen molar-refractivity contribution in [1.29, 1.82) is 0 Å². The Hall–Kier alpha value is -0.350. The molecule has 154 valence electrons. The minimum atomic E-state index is -1.49. The number of halogens is 3. The van der Waals surface area contributed by atoms with Gasteiger partial charge < -0.3 is 5.11 Å². The number of rotatable bonds is 2. The highest BCUT2D eigenvalue weighted by atomic mass is 35.5. The summed E-state index contributed by atoms with van der Waals surface area (Å²) in [5, 5.41) is 11.1. The zero-order valence-corrected chi connectivity index (χ0v) is 18.7. The van der Waals surface area contributed by atoms with Crippen LogP contribution in [0.3, 0.4) is 0 Å². The summed E-state index contributed by atoms with van der Waals surface area (Å²) >= 11 is 20.4. The fraction of sp³-hybridized carbons (Fsp3) is 0.727. The van der Waals surface area contributed by atoms with Gasteiger partial charge in [0.1, 0.15) is 5.60 Å². The summed E-state index contributed by atoms with van der Waals surface area (Å²) in [4.78, 5) is 23.9. The third-order valence-corrected chi connectivity index (χ3v) is 10.5. The van der Waals surface area contributed by atoms with E-state index >= 15 is 0 Å². The van der Waals surface area contributed by atoms with Crippen molar-refractivity contribution in [3.8, 4) is 0 Å². The Balaban J connectivity index is 1.84. The molecular formula is C22H27Cl3O3. The van der Waals surface area contributed by atoms with Gasteiger partial charge in [0.2, 0.25) is 0 Å². The minimum Gasteiger partial charge on any atom is -0.381 e. The number of allylic oxidation sites excluding steroid dienone is 4. The zero-order chi connectivity index (χ0) is 20.7. The molecule has 4 aliphatic rings. The van der Waals surface area contributed by atoms with Gasteiger partial charge in [0.15, 0.2) is 11.6 Å². The summed E-state index contributed by atoms with van der Waals surface area (Å²) in [5.74, 6) is -0.628. The molecule has 1 N–H and O–H groups in total. The van der Waals surface area contributed by atoms with Crippen LogP contribution in [0.4, 0.5) is 0 Å². The molecule has 0 unspecified atom stereocenters. The van der Waals surface area contributed by atoms with Crippen LogP contribution in [0.25, 0.3) is 0 Å². The third kappa shape index (κ3) is 2.23. The SMILES string of the molecule is C[C@H]1C[C@H]2[C@@H]3CCC4=CC(=O)C=C[C@]4(C)[C@@]3(Cl)[C@@H](Cl)C[C@]2(C)[C@@]1(O)C(=O)CCl. The van der Waals surface area contributed by atoms with Gasteiger partial charge in [0.25, 0.3) is 0 Å². The van der Waals surface area contributed by atoms with Gasteiger partial charge in [-0.15, -0.1) is 34.8 Å². The van der Waals surface area contributed by atoms with Crippen LogP contribution in [0.1, 0.15) is 46.5 Å². The number of fused-ring (bicyclic) bond motifs is 5. The van der Waals surface area contributed by atoms with Crippen LogP contribution in [0.5, 0.6) is 0 Å². The Labute approximate surface area is 181 Å². The largest absolute Gasteiger partial charge is 0.381 e. The summed E-state index contributed by atoms with van der Waals surface area (Å²) < 4.78 is 0. The Morgan fingerprint density at radius 3 is 2.64 bits per heavy atom. The van der Waals surface area contributed by atoms with Gasteiger partial charge in [0.05, 0.1) is 16.1 Å². The van der Waals surface area contributed by atoms with E-state index in [4.69, 9.17) is 34.8 Å². The van der Waals surface area contributed by atoms with Gasteiger partial charge in [-0.1, -0.05) is 32.4 Å². The predicted molar refractivity (Wildman–Crippen MR) is 112 cm³/mol. The maximum Gasteiger partial charge on any atom is 0.179 e. The molecule has 3 fully saturated rings. The van der Waals surface area contributed by atoms with Crippen molar-refractivity contribution >= 4 is 46.4 Å². The Bertz CT molecular complexity index is 807. The smallest absolute Gasteiger partial charge is 0.179 e. The van der Waals surface area contributed by atoms with Crippen molar-refractivity contribution in [3.05, 3.63) is 23.8 Å². The average molecular weight is 446 g/mol. The fourth-order valence-electron chi connectivity index (χ4n) is 7.18. The first-order valence-electron chi connectivity index (χ1n) is 10.1. The second-order valence-electron chi connectivity index (χ2n) is 9.68. The van der Waals surface area contributed by atoms with Gasteiger partial charge in [-0.05, 0) is 55.6 Å². The molecule has 4 rings (SSSR count). The normalized spacial score (nSPS) is 52.5. The van der Waals surface area contributed by atoms with Gasteiger partial charge in [-0.2, -0.15) is 0 Å². The molecule has 0 heterocycles. The van der Waals surface area contributed by atoms with Crippen molar-refractivity contribution in [2.45, 2.75) is 62.3 Å². The second-order valence-corrected chi connectivity index (χ2v) is 11.1. The summed E-state index contributed by atoms with van der Waals surface area (Å²) in [6.45, 7) is 6.00. The molecule has 0 bridgehead atoms. The van der Waals surface area contributed by atoms with Crippen LogP contribution < -0.4 is 0 Å². The average Bonchev–Trinajstić information content (AvgIpc) is 2.84. The first-order chi connectivity index (χ1) is 13.0. The van der Waals surface area contributed by atoms with Crippen LogP contribution in [-0.4, -0.2) is 38.4 Å². The van der Waals surface area contributed by atoms with Crippen molar-refractivity contribution < 1.29 is 14.7 Å². The maximum atomic E-state index is 12.8. The lowest BCUT2D eigenvalue weighted by Crippen LogP contribution is -2.67. The Morgan fingerprint density at radius 2 is 2.00 bits per heavy atom. The van der Waals surface area contributed by atoms with E-state index in [1.165, 1.54) is 0 Å². The predicted octanol–water partition coefficient (Wildman–Crippen LogP) is 4.66. The molecule has 4 aliphatic carbocycles. The second kappa shape index (κ2) is 6.33. The molecule has 0 amide bonds. The van der Waals surface area contributed by atoms with Crippen LogP contribution in [0.2, 0.25) is 0 Å². The summed E-state index contributed by atoms with van der Waals surface area (Å²) in [6.07, 6.45) is 7.96. The number of alkyl halides is 3. The zero-order valence-electron chi connectivity index (χ0n) is 16.5. The van der Waals surface area contributed by atoms with Gasteiger partial charge in [-0.25, -0.2) is 0 Å². The van der Waals surface area contributed by atoms with E-state index in [9.17, 15) is 14.7 Å². The van der Waals surface area contributed by atoms with Crippen LogP contribution in [0, 0.1) is 28.6 Å². The van der Waals surface area contributed by atoms with Gasteiger partial charge in [-0.3, -0.25) is 9.59 Å². The number of hydrogen-bond acceptors (Lipinski definition) is 3. The summed E-state index contributed by atoms with van der Waals surface area (Å²) in [7, 11) is 0. The van der Waals surface area contributed by atoms with E-state index in [2.05, 4.69) is 6.92 Å². The lowest BCUT2D eigenvalue weighted by molar-refractivity contribution is -0.162. The third-order valence-electron chi connectivity index (χ3n) is 8.73. The van der Waals surface area contributed by atoms with Crippen LogP contribution >= 0.6 is 34.8 Å². The first-order valence-corrected chi connectivity index (χ1v) is 11.4. The van der Waals surface area contributed by atoms with Crippen molar-refractivity contribution in [3.63, 3.8) is 0 Å². The molecule has 3 nitrogen and oxygen atoms in total. The summed E-state index contributed by atoms with van der Waals surface area (Å²) in [6, 6.07) is 0. The molecule has 8 atom stereocenters. The number of carbonyl (C=O) groups excluding carboxylic acids is 2. The van der Waals surface area contributed by atoms with Gasteiger partial charge >= 0.3 is 0 Å². The number of aliphatic hydroxyl groups is 1. The molecule has 0 spiro atoms. The van der Waals surface area contributed by atoms with E-state index in [1.807, 2.05) is 19.9 Å². The quantitative estimate of drug-likeness (QED) is 0.629. The first kappa shape index (κ1) is 20.9. The van der Waals surface area contributed by atoms with E-state index in [0.717, 1.165) is 24.8 Å². The molecule has 0 saturated heterocycles. The number of carbonyl (C=O) groups is 2. The van der Waals surface area contributed by atoms with Crippen molar-refractivity contribution in [2.75, 3.05) is 5.88 Å². The molecule has 3 saturated carbocycles. The molecule has 0 aliphatic heterocycles. The van der Waals surface area contributed by atoms with Crippen LogP contribution in [-0.2, 0) is 9.59 Å². The molecule has 0 aromatic heterocycles. The number of Topliss-reactive ketones (excluding diaryl/α,β-unsaturated/α-hetero) is 1. The Kier molecular flexibility index (Phi) is 4.72. The number of ketones is 2. The highest BCUT2D eigenvalue weighted by Gasteiger charge is 2.74. The highest BCUT2D eigenvalue weighted by molar-refractivity contribution is 6.34. The van der Waals surface area contributed by atoms with Crippen LogP contribution in [0.15, 0.2) is 23.8 Å². The molecule has 0 radical (unpaired) electrons. The lowest BCUT2D eigenvalue weighted by atomic mass is 9.46. The molecular weight excluding hydrogens is 419 g/mol. The Morgan fingerprint density at radius 1 is 1.32 bits per heavy atom.